The molecule has 0 saturated heterocycles. The first kappa shape index (κ1) is 11.3. The number of rotatable bonds is 4. The molecule has 0 aromatic rings. The summed E-state index contributed by atoms with van der Waals surface area (Å²) < 4.78 is 0. The molecule has 0 bridgehead atoms. The molecule has 1 atom stereocenters. The molecular formula is C6H12O6. The molecule has 0 radical (unpaired) electrons. The molecule has 0 fully saturated rings. The fraction of sp³-hybridized carbons (Fsp3) is 0.833. The normalized spacial score (nSPS) is 17.1. The van der Waals surface area contributed by atoms with Gasteiger partial charge in [-0.2, -0.15) is 0 Å². The number of aliphatic hydroxyl groups is 4. The highest BCUT2D eigenvalue weighted by atomic mass is 16.6. The van der Waals surface area contributed by atoms with Gasteiger partial charge in [0.05, 0.1) is 0 Å². The fourth-order valence-electron chi connectivity index (χ4n) is 0.622. The van der Waals surface area contributed by atoms with Crippen molar-refractivity contribution in [3.8, 4) is 0 Å². The van der Waals surface area contributed by atoms with Crippen LogP contribution in [0.15, 0.2) is 0 Å². The zero-order chi connectivity index (χ0) is 9.99. The zero-order valence-corrected chi connectivity index (χ0v) is 6.56. The van der Waals surface area contributed by atoms with Crippen molar-refractivity contribution in [2.75, 3.05) is 6.61 Å². The maximum atomic E-state index is 10.2. The second-order valence-electron chi connectivity index (χ2n) is 2.72. The highest BCUT2D eigenvalue weighted by Gasteiger charge is 2.50. The zero-order valence-electron chi connectivity index (χ0n) is 6.56. The molecule has 6 heteroatoms. The van der Waals surface area contributed by atoms with Gasteiger partial charge in [-0.05, 0) is 6.92 Å². The Hall–Kier alpha value is -0.690. The molecular weight excluding hydrogens is 168 g/mol. The van der Waals surface area contributed by atoms with Crippen molar-refractivity contribution in [3.63, 3.8) is 0 Å². The summed E-state index contributed by atoms with van der Waals surface area (Å²) in [6.07, 6.45) is -0.438. The van der Waals surface area contributed by atoms with Crippen molar-refractivity contribution < 1.29 is 30.3 Å². The van der Waals surface area contributed by atoms with Gasteiger partial charge >= 0.3 is 5.97 Å². The van der Waals surface area contributed by atoms with Crippen LogP contribution in [0.4, 0.5) is 0 Å². The van der Waals surface area contributed by atoms with E-state index in [9.17, 15) is 9.90 Å². The van der Waals surface area contributed by atoms with Crippen LogP contribution in [0.5, 0.6) is 0 Å². The SMILES string of the molecule is CC(O)(CCO)C(O)(O)C(=O)O. The van der Waals surface area contributed by atoms with Gasteiger partial charge in [0.1, 0.15) is 5.60 Å². The summed E-state index contributed by atoms with van der Waals surface area (Å²) in [6, 6.07) is 0. The number of aliphatic hydroxyl groups excluding tert-OH is 1. The Morgan fingerprint density at radius 1 is 1.33 bits per heavy atom. The highest BCUT2D eigenvalue weighted by Crippen LogP contribution is 2.22. The largest absolute Gasteiger partial charge is 0.477 e. The van der Waals surface area contributed by atoms with E-state index in [1.807, 2.05) is 0 Å². The second kappa shape index (κ2) is 3.36. The summed E-state index contributed by atoms with van der Waals surface area (Å²) in [5, 5.41) is 43.5. The predicted molar refractivity (Wildman–Crippen MR) is 37.1 cm³/mol. The molecule has 0 rings (SSSR count). The Labute approximate surface area is 68.7 Å². The molecule has 0 aliphatic carbocycles. The molecule has 0 heterocycles. The lowest BCUT2D eigenvalue weighted by Crippen LogP contribution is -2.58. The standard InChI is InChI=1S/C6H12O6/c1-5(10,2-3-7)6(11,12)4(8)9/h7,10-12H,2-3H2,1H3,(H,8,9). The van der Waals surface area contributed by atoms with Crippen molar-refractivity contribution >= 4 is 5.97 Å². The van der Waals surface area contributed by atoms with Crippen LogP contribution in [0.2, 0.25) is 0 Å². The van der Waals surface area contributed by atoms with Gasteiger partial charge in [-0.15, -0.1) is 0 Å². The number of hydrogen-bond donors (Lipinski definition) is 5. The Bertz CT molecular complexity index is 173. The van der Waals surface area contributed by atoms with Gasteiger partial charge in [0.25, 0.3) is 5.79 Å². The molecule has 0 spiro atoms. The number of carbonyl (C=O) groups is 1. The third-order valence-electron chi connectivity index (χ3n) is 1.65. The summed E-state index contributed by atoms with van der Waals surface area (Å²) >= 11 is 0. The minimum Gasteiger partial charge on any atom is -0.477 e. The molecule has 6 nitrogen and oxygen atoms in total. The first-order chi connectivity index (χ1) is 5.25. The first-order valence-corrected chi connectivity index (χ1v) is 3.27. The third kappa shape index (κ3) is 1.92. The van der Waals surface area contributed by atoms with Crippen LogP contribution in [0, 0.1) is 0 Å². The van der Waals surface area contributed by atoms with E-state index in [2.05, 4.69) is 0 Å². The minimum atomic E-state index is -3.24. The third-order valence-corrected chi connectivity index (χ3v) is 1.65. The van der Waals surface area contributed by atoms with Crippen molar-refractivity contribution in [1.29, 1.82) is 0 Å². The highest BCUT2D eigenvalue weighted by molar-refractivity contribution is 5.76. The van der Waals surface area contributed by atoms with Crippen LogP contribution in [-0.4, -0.2) is 49.5 Å². The Balaban J connectivity index is 4.62. The molecule has 0 aromatic heterocycles. The van der Waals surface area contributed by atoms with Crippen LogP contribution in [0.3, 0.4) is 0 Å². The van der Waals surface area contributed by atoms with Crippen LogP contribution in [0.1, 0.15) is 13.3 Å². The molecule has 72 valence electrons. The van der Waals surface area contributed by atoms with E-state index >= 15 is 0 Å². The van der Waals surface area contributed by atoms with Crippen LogP contribution in [0.25, 0.3) is 0 Å². The Kier molecular flexibility index (Phi) is 3.17. The van der Waals surface area contributed by atoms with E-state index in [0.29, 0.717) is 0 Å². The summed E-state index contributed by atoms with van der Waals surface area (Å²) in [5.41, 5.74) is -2.27. The number of aliphatic carboxylic acids is 1. The number of hydrogen-bond acceptors (Lipinski definition) is 5. The molecule has 0 aromatic carbocycles. The monoisotopic (exact) mass is 180 g/mol. The Morgan fingerprint density at radius 3 is 2.00 bits per heavy atom. The molecule has 5 N–H and O–H groups in total. The van der Waals surface area contributed by atoms with Crippen molar-refractivity contribution in [3.05, 3.63) is 0 Å². The van der Waals surface area contributed by atoms with E-state index in [4.69, 9.17) is 20.4 Å². The van der Waals surface area contributed by atoms with Crippen molar-refractivity contribution in [2.24, 2.45) is 0 Å². The van der Waals surface area contributed by atoms with E-state index in [-0.39, 0.29) is 0 Å². The molecule has 1 unspecified atom stereocenters. The predicted octanol–water partition coefficient (Wildman–Crippen LogP) is -2.11. The summed E-state index contributed by atoms with van der Waals surface area (Å²) in [7, 11) is 0. The number of carboxylic acid groups (broad SMARTS) is 1. The molecule has 0 aliphatic rings. The average molecular weight is 180 g/mol. The van der Waals surface area contributed by atoms with Gasteiger partial charge in [-0.1, -0.05) is 0 Å². The average Bonchev–Trinajstić information content (AvgIpc) is 1.86. The Morgan fingerprint density at radius 2 is 1.75 bits per heavy atom. The molecule has 0 aliphatic heterocycles. The maximum absolute atomic E-state index is 10.2. The topological polar surface area (TPSA) is 118 Å². The van der Waals surface area contributed by atoms with Gasteiger partial charge in [0.15, 0.2) is 0 Å². The second-order valence-corrected chi connectivity index (χ2v) is 2.72. The van der Waals surface area contributed by atoms with Gasteiger partial charge in [-0.25, -0.2) is 4.79 Å². The van der Waals surface area contributed by atoms with E-state index < -0.39 is 30.4 Å². The molecule has 0 amide bonds. The lowest BCUT2D eigenvalue weighted by molar-refractivity contribution is -0.269. The molecule has 12 heavy (non-hydrogen) atoms. The lowest BCUT2D eigenvalue weighted by Gasteiger charge is -2.32. The van der Waals surface area contributed by atoms with Crippen molar-refractivity contribution in [2.45, 2.75) is 24.7 Å². The minimum absolute atomic E-state index is 0.438. The summed E-state index contributed by atoms with van der Waals surface area (Å²) in [6.45, 7) is 0.375. The van der Waals surface area contributed by atoms with Gasteiger partial charge < -0.3 is 25.5 Å². The van der Waals surface area contributed by atoms with Crippen LogP contribution in [-0.2, 0) is 4.79 Å². The van der Waals surface area contributed by atoms with Crippen LogP contribution >= 0.6 is 0 Å². The smallest absolute Gasteiger partial charge is 0.367 e. The van der Waals surface area contributed by atoms with Gasteiger partial charge in [0.2, 0.25) is 0 Å². The number of carboxylic acids is 1. The van der Waals surface area contributed by atoms with E-state index in [1.165, 1.54) is 0 Å². The molecule has 0 saturated carbocycles. The summed E-state index contributed by atoms with van der Waals surface area (Å²) in [5.74, 6) is -5.20. The summed E-state index contributed by atoms with van der Waals surface area (Å²) in [4.78, 5) is 10.2. The quantitative estimate of drug-likeness (QED) is 0.316. The van der Waals surface area contributed by atoms with Crippen molar-refractivity contribution in [1.82, 2.24) is 0 Å². The van der Waals surface area contributed by atoms with E-state index in [0.717, 1.165) is 6.92 Å². The lowest BCUT2D eigenvalue weighted by atomic mass is 9.92. The van der Waals surface area contributed by atoms with Crippen LogP contribution < -0.4 is 0 Å². The first-order valence-electron chi connectivity index (χ1n) is 3.27. The van der Waals surface area contributed by atoms with E-state index in [1.54, 1.807) is 0 Å². The fourth-order valence-corrected chi connectivity index (χ4v) is 0.622. The maximum Gasteiger partial charge on any atom is 0.367 e. The van der Waals surface area contributed by atoms with Gasteiger partial charge in [-0.3, -0.25) is 0 Å². The van der Waals surface area contributed by atoms with Gasteiger partial charge in [0, 0.05) is 13.0 Å².